The lowest BCUT2D eigenvalue weighted by atomic mass is 10.0. The summed E-state index contributed by atoms with van der Waals surface area (Å²) in [4.78, 5) is 30.8. The van der Waals surface area contributed by atoms with Gasteiger partial charge in [0.2, 0.25) is 5.91 Å². The maximum Gasteiger partial charge on any atom is 0.251 e. The zero-order chi connectivity index (χ0) is 19.4. The summed E-state index contributed by atoms with van der Waals surface area (Å²) in [6, 6.07) is 9.52. The van der Waals surface area contributed by atoms with Crippen molar-refractivity contribution in [2.75, 3.05) is 19.6 Å². The van der Waals surface area contributed by atoms with E-state index in [4.69, 9.17) is 0 Å². The van der Waals surface area contributed by atoms with Crippen LogP contribution in [0.1, 0.15) is 46.4 Å². The van der Waals surface area contributed by atoms with E-state index >= 15 is 0 Å². The average molecular weight is 365 g/mol. The molecule has 2 aromatic rings. The third kappa shape index (κ3) is 4.54. The van der Waals surface area contributed by atoms with E-state index in [-0.39, 0.29) is 11.8 Å². The first-order chi connectivity index (χ1) is 13.0. The number of carbonyl (C=O) groups excluding carboxylic acids is 2. The first-order valence-corrected chi connectivity index (χ1v) is 9.57. The van der Waals surface area contributed by atoms with Gasteiger partial charge >= 0.3 is 0 Å². The molecule has 3 rings (SSSR count). The predicted octanol–water partition coefficient (Wildman–Crippen LogP) is 3.42. The lowest BCUT2D eigenvalue weighted by molar-refractivity contribution is -0.129. The fourth-order valence-corrected chi connectivity index (χ4v) is 3.35. The summed E-state index contributed by atoms with van der Waals surface area (Å²) < 4.78 is 0. The van der Waals surface area contributed by atoms with Gasteiger partial charge in [0.15, 0.2) is 0 Å². The van der Waals surface area contributed by atoms with Crippen molar-refractivity contribution in [3.8, 4) is 11.3 Å². The maximum absolute atomic E-state index is 12.3. The molecule has 5 heteroatoms. The van der Waals surface area contributed by atoms with Gasteiger partial charge in [-0.05, 0) is 62.9 Å². The van der Waals surface area contributed by atoms with Crippen molar-refractivity contribution in [1.82, 2.24) is 15.2 Å². The summed E-state index contributed by atoms with van der Waals surface area (Å²) >= 11 is 0. The van der Waals surface area contributed by atoms with Gasteiger partial charge in [0.25, 0.3) is 5.91 Å². The highest BCUT2D eigenvalue weighted by atomic mass is 16.2. The quantitative estimate of drug-likeness (QED) is 0.883. The highest BCUT2D eigenvalue weighted by Gasteiger charge is 2.17. The lowest BCUT2D eigenvalue weighted by Crippen LogP contribution is -2.32. The van der Waals surface area contributed by atoms with Gasteiger partial charge < -0.3 is 10.2 Å². The van der Waals surface area contributed by atoms with Gasteiger partial charge in [-0.2, -0.15) is 0 Å². The van der Waals surface area contributed by atoms with Gasteiger partial charge in [-0.15, -0.1) is 0 Å². The lowest BCUT2D eigenvalue weighted by Gasteiger charge is -2.15. The first kappa shape index (κ1) is 19.1. The van der Waals surface area contributed by atoms with Crippen LogP contribution in [0.3, 0.4) is 0 Å². The molecule has 142 valence electrons. The molecule has 2 amide bonds. The van der Waals surface area contributed by atoms with Gasteiger partial charge in [-0.25, -0.2) is 0 Å². The molecule has 0 atom stereocenters. The Kier molecular flexibility index (Phi) is 5.89. The van der Waals surface area contributed by atoms with Crippen molar-refractivity contribution in [3.05, 3.63) is 52.7 Å². The SMILES string of the molecule is Cc1cc(-c2ccc(C(=O)NCCC(=O)N3CCCC3)cc2)nc(C)c1C. The summed E-state index contributed by atoms with van der Waals surface area (Å²) in [6.45, 7) is 8.23. The molecule has 0 radical (unpaired) electrons. The molecule has 1 aromatic carbocycles. The Morgan fingerprint density at radius 3 is 2.37 bits per heavy atom. The molecule has 0 bridgehead atoms. The number of hydrogen-bond donors (Lipinski definition) is 1. The minimum atomic E-state index is -0.153. The summed E-state index contributed by atoms with van der Waals surface area (Å²) in [5, 5.41) is 2.84. The van der Waals surface area contributed by atoms with Crippen LogP contribution in [0.25, 0.3) is 11.3 Å². The van der Waals surface area contributed by atoms with Gasteiger partial charge in [0, 0.05) is 42.9 Å². The number of aromatic nitrogens is 1. The van der Waals surface area contributed by atoms with Crippen LogP contribution in [0.2, 0.25) is 0 Å². The molecule has 0 spiro atoms. The summed E-state index contributed by atoms with van der Waals surface area (Å²) in [5.74, 6) is -0.0284. The van der Waals surface area contributed by atoms with Crippen LogP contribution in [0.5, 0.6) is 0 Å². The molecular formula is C22H27N3O2. The number of carbonyl (C=O) groups is 2. The maximum atomic E-state index is 12.3. The first-order valence-electron chi connectivity index (χ1n) is 9.57. The second kappa shape index (κ2) is 8.33. The van der Waals surface area contributed by atoms with Crippen molar-refractivity contribution >= 4 is 11.8 Å². The number of amides is 2. The fraction of sp³-hybridized carbons (Fsp3) is 0.409. The van der Waals surface area contributed by atoms with E-state index in [9.17, 15) is 9.59 Å². The van der Waals surface area contributed by atoms with Crippen molar-refractivity contribution in [3.63, 3.8) is 0 Å². The van der Waals surface area contributed by atoms with Gasteiger partial charge in [-0.1, -0.05) is 12.1 Å². The van der Waals surface area contributed by atoms with Crippen molar-refractivity contribution < 1.29 is 9.59 Å². The van der Waals surface area contributed by atoms with E-state index in [1.165, 1.54) is 11.1 Å². The number of nitrogens with one attached hydrogen (secondary N) is 1. The monoisotopic (exact) mass is 365 g/mol. The van der Waals surface area contributed by atoms with Crippen LogP contribution < -0.4 is 5.32 Å². The van der Waals surface area contributed by atoms with E-state index in [1.807, 2.05) is 24.0 Å². The smallest absolute Gasteiger partial charge is 0.251 e. The molecule has 1 aliphatic rings. The Morgan fingerprint density at radius 1 is 1.07 bits per heavy atom. The number of nitrogens with zero attached hydrogens (tertiary/aromatic N) is 2. The van der Waals surface area contributed by atoms with Crippen LogP contribution in [-0.2, 0) is 4.79 Å². The minimum Gasteiger partial charge on any atom is -0.352 e. The highest BCUT2D eigenvalue weighted by Crippen LogP contribution is 2.22. The molecule has 1 aliphatic heterocycles. The summed E-state index contributed by atoms with van der Waals surface area (Å²) in [5.41, 5.74) is 5.93. The number of likely N-dealkylation sites (tertiary alicyclic amines) is 1. The third-order valence-corrected chi connectivity index (χ3v) is 5.30. The van der Waals surface area contributed by atoms with Crippen molar-refractivity contribution in [2.45, 2.75) is 40.0 Å². The molecule has 1 aromatic heterocycles. The largest absolute Gasteiger partial charge is 0.352 e. The summed E-state index contributed by atoms with van der Waals surface area (Å²) in [7, 11) is 0. The molecule has 1 N–H and O–H groups in total. The molecule has 0 saturated carbocycles. The second-order valence-corrected chi connectivity index (χ2v) is 7.21. The van der Waals surface area contributed by atoms with E-state index in [1.54, 1.807) is 12.1 Å². The Balaban J connectivity index is 1.58. The van der Waals surface area contributed by atoms with Crippen LogP contribution in [-0.4, -0.2) is 41.3 Å². The average Bonchev–Trinajstić information content (AvgIpc) is 3.20. The molecular weight excluding hydrogens is 338 g/mol. The Hall–Kier alpha value is -2.69. The van der Waals surface area contributed by atoms with Crippen LogP contribution >= 0.6 is 0 Å². The Bertz CT molecular complexity index is 814. The van der Waals surface area contributed by atoms with Crippen molar-refractivity contribution in [2.24, 2.45) is 0 Å². The van der Waals surface area contributed by atoms with E-state index in [2.05, 4.69) is 30.2 Å². The van der Waals surface area contributed by atoms with Gasteiger partial charge in [0.1, 0.15) is 0 Å². The molecule has 27 heavy (non-hydrogen) atoms. The van der Waals surface area contributed by atoms with E-state index < -0.39 is 0 Å². The predicted molar refractivity (Wildman–Crippen MR) is 107 cm³/mol. The molecule has 0 unspecified atom stereocenters. The van der Waals surface area contributed by atoms with Gasteiger partial charge in [0.05, 0.1) is 5.69 Å². The number of pyridine rings is 1. The van der Waals surface area contributed by atoms with E-state index in [0.29, 0.717) is 18.5 Å². The Morgan fingerprint density at radius 2 is 1.74 bits per heavy atom. The Labute approximate surface area is 160 Å². The van der Waals surface area contributed by atoms with Crippen molar-refractivity contribution in [1.29, 1.82) is 0 Å². The van der Waals surface area contributed by atoms with Crippen LogP contribution in [0, 0.1) is 20.8 Å². The zero-order valence-electron chi connectivity index (χ0n) is 16.3. The number of benzene rings is 1. The highest BCUT2D eigenvalue weighted by molar-refractivity contribution is 5.94. The molecule has 0 aliphatic carbocycles. The topological polar surface area (TPSA) is 62.3 Å². The minimum absolute atomic E-state index is 0.124. The number of aryl methyl sites for hydroxylation is 2. The second-order valence-electron chi connectivity index (χ2n) is 7.21. The standard InChI is InChI=1S/C22H27N3O2/c1-15-14-20(24-17(3)16(15)2)18-6-8-19(9-7-18)22(27)23-11-10-21(26)25-12-4-5-13-25/h6-9,14H,4-5,10-13H2,1-3H3,(H,23,27). The molecule has 1 saturated heterocycles. The van der Waals surface area contributed by atoms with E-state index in [0.717, 1.165) is 42.9 Å². The van der Waals surface area contributed by atoms with Gasteiger partial charge in [-0.3, -0.25) is 14.6 Å². The molecule has 5 nitrogen and oxygen atoms in total. The fourth-order valence-electron chi connectivity index (χ4n) is 3.35. The molecule has 2 heterocycles. The number of rotatable bonds is 5. The summed E-state index contributed by atoms with van der Waals surface area (Å²) in [6.07, 6.45) is 2.52. The zero-order valence-corrected chi connectivity index (χ0v) is 16.3. The molecule has 1 fully saturated rings. The van der Waals surface area contributed by atoms with Crippen LogP contribution in [0.15, 0.2) is 30.3 Å². The third-order valence-electron chi connectivity index (χ3n) is 5.30. The normalized spacial score (nSPS) is 13.7. The van der Waals surface area contributed by atoms with Crippen LogP contribution in [0.4, 0.5) is 0 Å². The number of hydrogen-bond acceptors (Lipinski definition) is 3.